The van der Waals surface area contributed by atoms with Crippen LogP contribution in [0.5, 0.6) is 5.75 Å². The van der Waals surface area contributed by atoms with Crippen molar-refractivity contribution in [3.63, 3.8) is 0 Å². The number of fused-ring (bicyclic) bond motifs is 1. The molecule has 0 saturated carbocycles. The van der Waals surface area contributed by atoms with Crippen LogP contribution in [0.4, 0.5) is 0 Å². The number of aromatic carboxylic acids is 1. The van der Waals surface area contributed by atoms with E-state index in [-0.39, 0.29) is 29.8 Å². The number of carboxylic acid groups (broad SMARTS) is 1. The molecule has 24 heavy (non-hydrogen) atoms. The number of nitrogens with zero attached hydrogens (tertiary/aromatic N) is 2. The minimum atomic E-state index is -1.42. The summed E-state index contributed by atoms with van der Waals surface area (Å²) in [6, 6.07) is 14.0. The van der Waals surface area contributed by atoms with E-state index < -0.39 is 5.97 Å². The van der Waals surface area contributed by atoms with Gasteiger partial charge in [0.1, 0.15) is 18.1 Å². The number of aromatic nitrogens is 2. The van der Waals surface area contributed by atoms with Crippen molar-refractivity contribution < 1.29 is 14.6 Å². The molecule has 1 aromatic heterocycles. The van der Waals surface area contributed by atoms with E-state index >= 15 is 0 Å². The van der Waals surface area contributed by atoms with Crippen molar-refractivity contribution >= 4 is 16.7 Å². The summed E-state index contributed by atoms with van der Waals surface area (Å²) in [5.74, 6) is -0.733. The van der Waals surface area contributed by atoms with Crippen LogP contribution in [0.1, 0.15) is 16.1 Å². The molecule has 3 rings (SSSR count). The average molecular weight is 323 g/mol. The Kier molecular flexibility index (Phi) is 4.29. The smallest absolute Gasteiger partial charge is 0.274 e. The molecule has 0 fully saturated rings. The number of carboxylic acids is 1. The van der Waals surface area contributed by atoms with Crippen LogP contribution in [0.2, 0.25) is 0 Å². The predicted octanol–water partition coefficient (Wildman–Crippen LogP) is 1.15. The standard InChI is InChI=1S/C18H16N2O4/c1-12-5-4-6-13(11-12)24-10-9-20-17(21)15-8-3-2-7-14(15)16(19-20)18(22)23/h2-8,11H,9-10H2,1H3,(H,22,23)/p-1. The monoisotopic (exact) mass is 323 g/mol. The van der Waals surface area contributed by atoms with Crippen molar-refractivity contribution in [1.29, 1.82) is 0 Å². The Bertz CT molecular complexity index is 963. The Morgan fingerprint density at radius 1 is 1.17 bits per heavy atom. The summed E-state index contributed by atoms with van der Waals surface area (Å²) in [6.45, 7) is 2.29. The normalized spacial score (nSPS) is 10.7. The third-order valence-corrected chi connectivity index (χ3v) is 3.62. The van der Waals surface area contributed by atoms with E-state index in [2.05, 4.69) is 5.10 Å². The zero-order valence-corrected chi connectivity index (χ0v) is 13.1. The van der Waals surface area contributed by atoms with Gasteiger partial charge >= 0.3 is 0 Å². The molecule has 0 aliphatic rings. The van der Waals surface area contributed by atoms with Crippen molar-refractivity contribution in [1.82, 2.24) is 9.78 Å². The number of ether oxygens (including phenoxy) is 1. The van der Waals surface area contributed by atoms with E-state index in [0.717, 1.165) is 10.2 Å². The van der Waals surface area contributed by atoms with Gasteiger partial charge in [-0.3, -0.25) is 4.79 Å². The van der Waals surface area contributed by atoms with E-state index in [0.29, 0.717) is 11.1 Å². The molecule has 0 aliphatic heterocycles. The zero-order valence-electron chi connectivity index (χ0n) is 13.1. The first kappa shape index (κ1) is 15.7. The topological polar surface area (TPSA) is 84.2 Å². The van der Waals surface area contributed by atoms with Gasteiger partial charge in [-0.05, 0) is 30.7 Å². The largest absolute Gasteiger partial charge is 0.543 e. The van der Waals surface area contributed by atoms with E-state index in [9.17, 15) is 14.7 Å². The van der Waals surface area contributed by atoms with Gasteiger partial charge in [0.05, 0.1) is 17.9 Å². The van der Waals surface area contributed by atoms with Gasteiger partial charge in [-0.2, -0.15) is 5.10 Å². The molecule has 0 saturated heterocycles. The highest BCUT2D eigenvalue weighted by atomic mass is 16.5. The highest BCUT2D eigenvalue weighted by Crippen LogP contribution is 2.14. The SMILES string of the molecule is Cc1cccc(OCCn2nc(C(=O)[O-])c3ccccc3c2=O)c1. The average Bonchev–Trinajstić information content (AvgIpc) is 2.57. The second-order valence-electron chi connectivity index (χ2n) is 5.37. The van der Waals surface area contributed by atoms with Gasteiger partial charge in [-0.25, -0.2) is 4.68 Å². The predicted molar refractivity (Wildman–Crippen MR) is 87.0 cm³/mol. The molecular weight excluding hydrogens is 308 g/mol. The Morgan fingerprint density at radius 3 is 2.62 bits per heavy atom. The molecular formula is C18H15N2O4-. The second-order valence-corrected chi connectivity index (χ2v) is 5.37. The molecule has 0 spiro atoms. The molecule has 2 aromatic carbocycles. The van der Waals surface area contributed by atoms with Crippen LogP contribution in [0.25, 0.3) is 10.8 Å². The lowest BCUT2D eigenvalue weighted by molar-refractivity contribution is -0.255. The fourth-order valence-electron chi connectivity index (χ4n) is 2.49. The number of carbonyl (C=O) groups excluding carboxylic acids is 1. The molecule has 0 aliphatic carbocycles. The number of hydrogen-bond acceptors (Lipinski definition) is 5. The van der Waals surface area contributed by atoms with Crippen LogP contribution in [-0.4, -0.2) is 22.4 Å². The molecule has 122 valence electrons. The molecule has 6 nitrogen and oxygen atoms in total. The maximum Gasteiger partial charge on any atom is 0.274 e. The first-order valence-electron chi connectivity index (χ1n) is 7.47. The lowest BCUT2D eigenvalue weighted by atomic mass is 10.1. The van der Waals surface area contributed by atoms with Crippen LogP contribution in [0, 0.1) is 6.92 Å². The fourth-order valence-corrected chi connectivity index (χ4v) is 2.49. The summed E-state index contributed by atoms with van der Waals surface area (Å²) in [5.41, 5.74) is 0.455. The lowest BCUT2D eigenvalue weighted by Crippen LogP contribution is -2.32. The van der Waals surface area contributed by atoms with Gasteiger partial charge in [0.2, 0.25) is 0 Å². The van der Waals surface area contributed by atoms with Crippen LogP contribution in [0.3, 0.4) is 0 Å². The van der Waals surface area contributed by atoms with Crippen LogP contribution >= 0.6 is 0 Å². The van der Waals surface area contributed by atoms with E-state index in [1.54, 1.807) is 24.3 Å². The zero-order chi connectivity index (χ0) is 17.1. The minimum absolute atomic E-state index is 0.137. The van der Waals surface area contributed by atoms with Crippen molar-refractivity contribution in [2.45, 2.75) is 13.5 Å². The molecule has 0 N–H and O–H groups in total. The second kappa shape index (κ2) is 6.54. The molecule has 1 heterocycles. The lowest BCUT2D eigenvalue weighted by Gasteiger charge is -2.12. The Morgan fingerprint density at radius 2 is 1.92 bits per heavy atom. The summed E-state index contributed by atoms with van der Waals surface area (Å²) >= 11 is 0. The van der Waals surface area contributed by atoms with Gasteiger partial charge < -0.3 is 14.6 Å². The number of aryl methyl sites for hydroxylation is 1. The van der Waals surface area contributed by atoms with Crippen molar-refractivity contribution in [2.24, 2.45) is 0 Å². The van der Waals surface area contributed by atoms with E-state index in [1.165, 1.54) is 0 Å². The number of benzene rings is 2. The molecule has 0 radical (unpaired) electrons. The fraction of sp³-hybridized carbons (Fsp3) is 0.167. The molecule has 0 unspecified atom stereocenters. The van der Waals surface area contributed by atoms with Crippen molar-refractivity contribution in [3.05, 3.63) is 70.1 Å². The van der Waals surface area contributed by atoms with E-state index in [1.807, 2.05) is 31.2 Å². The number of hydrogen-bond donors (Lipinski definition) is 0. The van der Waals surface area contributed by atoms with Gasteiger partial charge in [0.15, 0.2) is 0 Å². The summed E-state index contributed by atoms with van der Waals surface area (Å²) in [5, 5.41) is 15.8. The quantitative estimate of drug-likeness (QED) is 0.703. The third-order valence-electron chi connectivity index (χ3n) is 3.62. The number of carbonyl (C=O) groups is 1. The van der Waals surface area contributed by atoms with Crippen molar-refractivity contribution in [2.75, 3.05) is 6.61 Å². The Labute approximate surface area is 137 Å². The van der Waals surface area contributed by atoms with Crippen LogP contribution in [0.15, 0.2) is 53.3 Å². The van der Waals surface area contributed by atoms with Crippen LogP contribution < -0.4 is 15.4 Å². The first-order valence-corrected chi connectivity index (χ1v) is 7.47. The van der Waals surface area contributed by atoms with Crippen molar-refractivity contribution in [3.8, 4) is 5.75 Å². The molecule has 6 heteroatoms. The van der Waals surface area contributed by atoms with Gasteiger partial charge in [-0.1, -0.05) is 30.3 Å². The summed E-state index contributed by atoms with van der Waals surface area (Å²) < 4.78 is 6.70. The van der Waals surface area contributed by atoms with E-state index in [4.69, 9.17) is 4.74 Å². The highest BCUT2D eigenvalue weighted by molar-refractivity contribution is 6.00. The Balaban J connectivity index is 1.88. The maximum absolute atomic E-state index is 12.4. The van der Waals surface area contributed by atoms with Gasteiger partial charge in [0.25, 0.3) is 5.56 Å². The number of rotatable bonds is 5. The Hall–Kier alpha value is -3.15. The first-order chi connectivity index (χ1) is 11.6. The summed E-state index contributed by atoms with van der Waals surface area (Å²) in [4.78, 5) is 23.7. The van der Waals surface area contributed by atoms with Gasteiger partial charge in [0, 0.05) is 5.39 Å². The van der Waals surface area contributed by atoms with Gasteiger partial charge in [-0.15, -0.1) is 0 Å². The summed E-state index contributed by atoms with van der Waals surface area (Å²) in [6.07, 6.45) is 0. The molecule has 0 bridgehead atoms. The van der Waals surface area contributed by atoms with Crippen LogP contribution in [-0.2, 0) is 6.54 Å². The highest BCUT2D eigenvalue weighted by Gasteiger charge is 2.11. The molecule has 0 amide bonds. The third kappa shape index (κ3) is 3.12. The maximum atomic E-state index is 12.4. The summed E-state index contributed by atoms with van der Waals surface area (Å²) in [7, 11) is 0. The molecule has 3 aromatic rings. The molecule has 0 atom stereocenters. The minimum Gasteiger partial charge on any atom is -0.543 e.